The first-order valence-electron chi connectivity index (χ1n) is 7.27. The maximum Gasteiger partial charge on any atom is 0.324 e. The number of carbonyl (C=O) groups excluding carboxylic acids is 2. The number of urea groups is 1. The summed E-state index contributed by atoms with van der Waals surface area (Å²) in [5.74, 6) is -0.0126. The van der Waals surface area contributed by atoms with Crippen LogP contribution in [0.1, 0.15) is 45.3 Å². The Morgan fingerprint density at radius 2 is 2.05 bits per heavy atom. The van der Waals surface area contributed by atoms with E-state index in [0.29, 0.717) is 13.0 Å². The van der Waals surface area contributed by atoms with Gasteiger partial charge >= 0.3 is 6.03 Å². The molecule has 2 heterocycles. The quantitative estimate of drug-likeness (QED) is 0.870. The van der Waals surface area contributed by atoms with E-state index < -0.39 is 0 Å². The van der Waals surface area contributed by atoms with Gasteiger partial charge in [-0.3, -0.25) is 9.69 Å². The normalized spacial score (nSPS) is 19.5. The molecule has 0 saturated carbocycles. The zero-order valence-corrected chi connectivity index (χ0v) is 14.1. The zero-order chi connectivity index (χ0) is 15.8. The number of hydrogen-bond acceptors (Lipinski definition) is 4. The SMILES string of the molecule is CC(C)[C@H]1NC(=O)N(CCc2nc(C(C)(C)C)cs2)C1=O. The van der Waals surface area contributed by atoms with Crippen molar-refractivity contribution in [1.82, 2.24) is 15.2 Å². The van der Waals surface area contributed by atoms with Crippen LogP contribution in [0.4, 0.5) is 4.79 Å². The molecule has 1 aromatic rings. The molecular formula is C15H23N3O2S. The van der Waals surface area contributed by atoms with Gasteiger partial charge in [-0.25, -0.2) is 9.78 Å². The van der Waals surface area contributed by atoms with Crippen LogP contribution in [0.15, 0.2) is 5.38 Å². The summed E-state index contributed by atoms with van der Waals surface area (Å²) < 4.78 is 0. The molecule has 0 unspecified atom stereocenters. The summed E-state index contributed by atoms with van der Waals surface area (Å²) in [6.45, 7) is 10.6. The Bertz CT molecular complexity index is 545. The first kappa shape index (κ1) is 15.9. The maximum atomic E-state index is 12.2. The number of rotatable bonds is 4. The summed E-state index contributed by atoms with van der Waals surface area (Å²) in [7, 11) is 0. The zero-order valence-electron chi connectivity index (χ0n) is 13.3. The number of amides is 3. The van der Waals surface area contributed by atoms with Crippen LogP contribution in [-0.4, -0.2) is 34.4 Å². The molecule has 6 heteroatoms. The fourth-order valence-corrected chi connectivity index (χ4v) is 3.20. The molecule has 0 bridgehead atoms. The van der Waals surface area contributed by atoms with Crippen LogP contribution < -0.4 is 5.32 Å². The summed E-state index contributed by atoms with van der Waals surface area (Å²) in [6.07, 6.45) is 0.616. The number of imide groups is 1. The fraction of sp³-hybridized carbons (Fsp3) is 0.667. The average molecular weight is 309 g/mol. The minimum Gasteiger partial charge on any atom is -0.326 e. The second-order valence-corrected chi connectivity index (χ2v) is 7.73. The molecule has 3 amide bonds. The smallest absolute Gasteiger partial charge is 0.324 e. The molecule has 5 nitrogen and oxygen atoms in total. The second kappa shape index (κ2) is 5.75. The highest BCUT2D eigenvalue weighted by Gasteiger charge is 2.39. The minimum atomic E-state index is -0.390. The van der Waals surface area contributed by atoms with Crippen molar-refractivity contribution < 1.29 is 9.59 Å². The van der Waals surface area contributed by atoms with E-state index in [9.17, 15) is 9.59 Å². The fourth-order valence-electron chi connectivity index (χ4n) is 2.18. The third-order valence-electron chi connectivity index (χ3n) is 3.59. The molecule has 0 aliphatic carbocycles. The largest absolute Gasteiger partial charge is 0.326 e. The van der Waals surface area contributed by atoms with Gasteiger partial charge < -0.3 is 5.32 Å². The second-order valence-electron chi connectivity index (χ2n) is 6.79. The van der Waals surface area contributed by atoms with Gasteiger partial charge in [0.1, 0.15) is 6.04 Å². The van der Waals surface area contributed by atoms with E-state index in [2.05, 4.69) is 36.5 Å². The van der Waals surface area contributed by atoms with E-state index >= 15 is 0 Å². The van der Waals surface area contributed by atoms with E-state index in [0.717, 1.165) is 10.7 Å². The molecule has 1 aliphatic heterocycles. The molecular weight excluding hydrogens is 286 g/mol. The summed E-state index contributed by atoms with van der Waals surface area (Å²) in [5.41, 5.74) is 1.08. The van der Waals surface area contributed by atoms with Crippen LogP contribution in [0.5, 0.6) is 0 Å². The molecule has 1 fully saturated rings. The Kier molecular flexibility index (Phi) is 4.37. The first-order chi connectivity index (χ1) is 9.70. The van der Waals surface area contributed by atoms with Crippen LogP contribution in [0, 0.1) is 5.92 Å². The first-order valence-corrected chi connectivity index (χ1v) is 8.15. The molecule has 116 valence electrons. The Morgan fingerprint density at radius 1 is 1.38 bits per heavy atom. The standard InChI is InChI=1S/C15H23N3O2S/c1-9(2)12-13(19)18(14(20)17-12)7-6-11-16-10(8-21-11)15(3,4)5/h8-9,12H,6-7H2,1-5H3,(H,17,20)/t12-/m1/s1. The highest BCUT2D eigenvalue weighted by Crippen LogP contribution is 2.24. The molecule has 0 spiro atoms. The molecule has 0 aromatic carbocycles. The highest BCUT2D eigenvalue weighted by molar-refractivity contribution is 7.09. The van der Waals surface area contributed by atoms with Crippen LogP contribution in [0.3, 0.4) is 0 Å². The van der Waals surface area contributed by atoms with Crippen molar-refractivity contribution in [3.63, 3.8) is 0 Å². The lowest BCUT2D eigenvalue weighted by molar-refractivity contribution is -0.128. The molecule has 1 aromatic heterocycles. The van der Waals surface area contributed by atoms with Gasteiger partial charge in [0.2, 0.25) is 0 Å². The lowest BCUT2D eigenvalue weighted by Gasteiger charge is -2.15. The van der Waals surface area contributed by atoms with Crippen LogP contribution >= 0.6 is 11.3 Å². The summed E-state index contributed by atoms with van der Waals surface area (Å²) in [5, 5.41) is 5.76. The summed E-state index contributed by atoms with van der Waals surface area (Å²) in [6, 6.07) is -0.676. The Balaban J connectivity index is 1.99. The van der Waals surface area contributed by atoms with E-state index in [1.807, 2.05) is 13.8 Å². The molecule has 1 saturated heterocycles. The van der Waals surface area contributed by atoms with Crippen molar-refractivity contribution in [3.05, 3.63) is 16.1 Å². The number of nitrogens with zero attached hydrogens (tertiary/aromatic N) is 2. The van der Waals surface area contributed by atoms with Crippen molar-refractivity contribution in [2.75, 3.05) is 6.54 Å². The third kappa shape index (κ3) is 3.43. The van der Waals surface area contributed by atoms with Gasteiger partial charge in [0.05, 0.1) is 10.7 Å². The van der Waals surface area contributed by atoms with Crippen LogP contribution in [0.25, 0.3) is 0 Å². The van der Waals surface area contributed by atoms with E-state index in [-0.39, 0.29) is 29.3 Å². The molecule has 1 N–H and O–H groups in total. The predicted octanol–water partition coefficient (Wildman–Crippen LogP) is 2.56. The number of carbonyl (C=O) groups is 2. The average Bonchev–Trinajstić information content (AvgIpc) is 2.93. The summed E-state index contributed by atoms with van der Waals surface area (Å²) >= 11 is 1.59. The Hall–Kier alpha value is -1.43. The molecule has 21 heavy (non-hydrogen) atoms. The van der Waals surface area contributed by atoms with Gasteiger partial charge in [0.15, 0.2) is 0 Å². The van der Waals surface area contributed by atoms with Gasteiger partial charge in [-0.15, -0.1) is 11.3 Å². The van der Waals surface area contributed by atoms with Crippen LogP contribution in [-0.2, 0) is 16.6 Å². The number of thiazole rings is 1. The molecule has 1 atom stereocenters. The third-order valence-corrected chi connectivity index (χ3v) is 4.50. The maximum absolute atomic E-state index is 12.2. The summed E-state index contributed by atoms with van der Waals surface area (Å²) in [4.78, 5) is 29.9. The number of aromatic nitrogens is 1. The van der Waals surface area contributed by atoms with Crippen molar-refractivity contribution in [2.24, 2.45) is 5.92 Å². The van der Waals surface area contributed by atoms with E-state index in [1.54, 1.807) is 11.3 Å². The number of hydrogen-bond donors (Lipinski definition) is 1. The van der Waals surface area contributed by atoms with E-state index in [4.69, 9.17) is 0 Å². The lowest BCUT2D eigenvalue weighted by atomic mass is 9.93. The van der Waals surface area contributed by atoms with Gasteiger partial charge in [0.25, 0.3) is 5.91 Å². The predicted molar refractivity (Wildman–Crippen MR) is 83.4 cm³/mol. The van der Waals surface area contributed by atoms with Gasteiger partial charge in [0, 0.05) is 23.8 Å². The monoisotopic (exact) mass is 309 g/mol. The number of nitrogens with one attached hydrogen (secondary N) is 1. The lowest BCUT2D eigenvalue weighted by Crippen LogP contribution is -2.35. The molecule has 1 aliphatic rings. The topological polar surface area (TPSA) is 62.3 Å². The van der Waals surface area contributed by atoms with Crippen LogP contribution in [0.2, 0.25) is 0 Å². The van der Waals surface area contributed by atoms with Crippen molar-refractivity contribution >= 4 is 23.3 Å². The molecule has 0 radical (unpaired) electrons. The molecule has 2 rings (SSSR count). The van der Waals surface area contributed by atoms with E-state index in [1.165, 1.54) is 4.90 Å². The van der Waals surface area contributed by atoms with Crippen molar-refractivity contribution in [3.8, 4) is 0 Å². The highest BCUT2D eigenvalue weighted by atomic mass is 32.1. The minimum absolute atomic E-state index is 0.0261. The van der Waals surface area contributed by atoms with Gasteiger partial charge in [-0.1, -0.05) is 34.6 Å². The van der Waals surface area contributed by atoms with Crippen molar-refractivity contribution in [2.45, 2.75) is 52.5 Å². The Labute approximate surface area is 129 Å². The van der Waals surface area contributed by atoms with Gasteiger partial charge in [-0.05, 0) is 5.92 Å². The van der Waals surface area contributed by atoms with Crippen molar-refractivity contribution in [1.29, 1.82) is 0 Å². The Morgan fingerprint density at radius 3 is 2.52 bits per heavy atom. The van der Waals surface area contributed by atoms with Gasteiger partial charge in [-0.2, -0.15) is 0 Å².